The fourth-order valence-corrected chi connectivity index (χ4v) is 3.12. The summed E-state index contributed by atoms with van der Waals surface area (Å²) in [6.07, 6.45) is 1.59. The Morgan fingerprint density at radius 2 is 1.86 bits per heavy atom. The van der Waals surface area contributed by atoms with Crippen molar-refractivity contribution in [3.63, 3.8) is 0 Å². The molecule has 0 N–H and O–H groups in total. The Hall–Kier alpha value is -2.36. The summed E-state index contributed by atoms with van der Waals surface area (Å²) >= 11 is 0. The van der Waals surface area contributed by atoms with Crippen LogP contribution in [0.2, 0.25) is 0 Å². The van der Waals surface area contributed by atoms with Crippen molar-refractivity contribution in [1.82, 2.24) is 4.98 Å². The van der Waals surface area contributed by atoms with Crippen LogP contribution in [0.25, 0.3) is 22.0 Å². The first-order valence-corrected chi connectivity index (χ1v) is 6.58. The largest absolute Gasteiger partial charge is 0.300 e. The maximum absolute atomic E-state index is 14.9. The van der Waals surface area contributed by atoms with Crippen LogP contribution in [-0.4, -0.2) is 4.98 Å². The zero-order chi connectivity index (χ0) is 14.8. The Bertz CT molecular complexity index is 895. The first kappa shape index (κ1) is 12.4. The van der Waals surface area contributed by atoms with E-state index in [1.807, 2.05) is 0 Å². The van der Waals surface area contributed by atoms with Crippen LogP contribution in [0.3, 0.4) is 0 Å². The molecule has 0 saturated heterocycles. The van der Waals surface area contributed by atoms with Crippen LogP contribution in [0.1, 0.15) is 16.7 Å². The van der Waals surface area contributed by atoms with Crippen LogP contribution >= 0.6 is 0 Å². The highest BCUT2D eigenvalue weighted by atomic mass is 19.3. The highest BCUT2D eigenvalue weighted by molar-refractivity contribution is 6.01. The summed E-state index contributed by atoms with van der Waals surface area (Å²) in [7, 11) is 0. The lowest BCUT2D eigenvalue weighted by molar-refractivity contribution is 0.0432. The lowest BCUT2D eigenvalue weighted by atomic mass is 9.82. The molecule has 0 spiro atoms. The molecule has 0 atom stereocenters. The number of hydrogen-bond donors (Lipinski definition) is 0. The minimum absolute atomic E-state index is 0.0224. The Balaban J connectivity index is 2.28. The molecule has 0 bridgehead atoms. The van der Waals surface area contributed by atoms with Gasteiger partial charge in [0.05, 0.1) is 5.69 Å². The molecule has 1 heterocycles. The highest BCUT2D eigenvalue weighted by Crippen LogP contribution is 2.50. The predicted molar refractivity (Wildman–Crippen MR) is 74.9 cm³/mol. The molecular weight excluding hydrogens is 275 g/mol. The van der Waals surface area contributed by atoms with Crippen molar-refractivity contribution in [1.29, 1.82) is 0 Å². The molecule has 104 valence electrons. The lowest BCUT2D eigenvalue weighted by Crippen LogP contribution is -2.23. The molecule has 0 fully saturated rings. The van der Waals surface area contributed by atoms with E-state index in [0.717, 1.165) is 0 Å². The predicted octanol–water partition coefficient (Wildman–Crippen LogP) is 4.80. The van der Waals surface area contributed by atoms with E-state index in [9.17, 15) is 13.2 Å². The van der Waals surface area contributed by atoms with Crippen LogP contribution in [-0.2, 0) is 5.92 Å². The van der Waals surface area contributed by atoms with Gasteiger partial charge < -0.3 is 0 Å². The van der Waals surface area contributed by atoms with Crippen molar-refractivity contribution >= 4 is 10.8 Å². The topological polar surface area (TPSA) is 12.9 Å². The van der Waals surface area contributed by atoms with Gasteiger partial charge in [-0.3, -0.25) is 4.98 Å². The number of aromatic nitrogens is 1. The van der Waals surface area contributed by atoms with Crippen molar-refractivity contribution in [2.24, 2.45) is 0 Å². The van der Waals surface area contributed by atoms with Crippen LogP contribution in [0.5, 0.6) is 0 Å². The number of pyridine rings is 1. The van der Waals surface area contributed by atoms with Gasteiger partial charge in [0.25, 0.3) is 5.92 Å². The van der Waals surface area contributed by atoms with Crippen molar-refractivity contribution in [3.8, 4) is 11.3 Å². The average molecular weight is 285 g/mol. The van der Waals surface area contributed by atoms with Gasteiger partial charge in [0, 0.05) is 28.3 Å². The van der Waals surface area contributed by atoms with Crippen molar-refractivity contribution in [2.45, 2.75) is 12.8 Å². The molecule has 0 amide bonds. The smallest absolute Gasteiger partial charge is 0.256 e. The third-order valence-electron chi connectivity index (χ3n) is 4.10. The summed E-state index contributed by atoms with van der Waals surface area (Å²) in [5, 5.41) is 1.16. The monoisotopic (exact) mass is 285 g/mol. The first-order chi connectivity index (χ1) is 10.0. The molecule has 1 nitrogen and oxygen atoms in total. The number of benzene rings is 2. The van der Waals surface area contributed by atoms with Crippen LogP contribution in [0.15, 0.2) is 42.6 Å². The van der Waals surface area contributed by atoms with E-state index in [0.29, 0.717) is 22.0 Å². The van der Waals surface area contributed by atoms with Crippen LogP contribution in [0.4, 0.5) is 13.2 Å². The maximum atomic E-state index is 14.9. The second-order valence-corrected chi connectivity index (χ2v) is 5.23. The average Bonchev–Trinajstić information content (AvgIpc) is 2.47. The molecular formula is C17H10F3N. The van der Waals surface area contributed by atoms with Gasteiger partial charge in [0.2, 0.25) is 0 Å². The third kappa shape index (κ3) is 1.45. The zero-order valence-corrected chi connectivity index (χ0v) is 11.1. The molecule has 2 aromatic carbocycles. The van der Waals surface area contributed by atoms with E-state index >= 15 is 0 Å². The summed E-state index contributed by atoms with van der Waals surface area (Å²) in [6.45, 7) is 1.39. The quantitative estimate of drug-likeness (QED) is 0.578. The Labute approximate surface area is 119 Å². The third-order valence-corrected chi connectivity index (χ3v) is 4.10. The van der Waals surface area contributed by atoms with Gasteiger partial charge in [-0.15, -0.1) is 0 Å². The summed E-state index contributed by atoms with van der Waals surface area (Å²) in [5.74, 6) is -3.85. The van der Waals surface area contributed by atoms with E-state index in [1.54, 1.807) is 24.4 Å². The van der Waals surface area contributed by atoms with Crippen LogP contribution < -0.4 is 0 Å². The minimum Gasteiger partial charge on any atom is -0.256 e. The summed E-state index contributed by atoms with van der Waals surface area (Å²) in [5.41, 5.74) is 0.395. The maximum Gasteiger partial charge on any atom is 0.300 e. The molecule has 4 heteroatoms. The number of halogens is 3. The Morgan fingerprint density at radius 1 is 1.05 bits per heavy atom. The molecule has 4 rings (SSSR count). The number of alkyl halides is 2. The van der Waals surface area contributed by atoms with Gasteiger partial charge in [-0.1, -0.05) is 18.2 Å². The molecule has 1 aliphatic rings. The standard InChI is InChI=1S/C17H10F3N/c1-9-13(18)6-5-11-15(9)17(19,20)12-4-2-3-10-7-8-21-16(11)14(10)12/h2-8H,1H3. The summed E-state index contributed by atoms with van der Waals surface area (Å²) < 4.78 is 43.6. The molecule has 0 aliphatic heterocycles. The number of fused-ring (bicyclic) bond motifs is 2. The van der Waals surface area contributed by atoms with Crippen molar-refractivity contribution in [3.05, 3.63) is 65.1 Å². The minimum atomic E-state index is -3.23. The number of hydrogen-bond acceptors (Lipinski definition) is 1. The van der Waals surface area contributed by atoms with Gasteiger partial charge in [0.15, 0.2) is 0 Å². The SMILES string of the molecule is Cc1c(F)ccc2c1C(F)(F)c1cccc3ccnc-2c13. The van der Waals surface area contributed by atoms with Gasteiger partial charge >= 0.3 is 0 Å². The summed E-state index contributed by atoms with van der Waals surface area (Å²) in [6, 6.07) is 9.08. The van der Waals surface area contributed by atoms with E-state index in [4.69, 9.17) is 0 Å². The second kappa shape index (κ2) is 3.85. The molecule has 0 radical (unpaired) electrons. The van der Waals surface area contributed by atoms with Gasteiger partial charge in [-0.25, -0.2) is 4.39 Å². The molecule has 1 aliphatic carbocycles. The Morgan fingerprint density at radius 3 is 2.67 bits per heavy atom. The molecule has 21 heavy (non-hydrogen) atoms. The zero-order valence-electron chi connectivity index (χ0n) is 11.1. The van der Waals surface area contributed by atoms with Crippen LogP contribution in [0, 0.1) is 12.7 Å². The Kier molecular flexibility index (Phi) is 2.27. The normalized spacial score (nSPS) is 15.0. The van der Waals surface area contributed by atoms with Crippen molar-refractivity contribution < 1.29 is 13.2 Å². The van der Waals surface area contributed by atoms with E-state index in [1.165, 1.54) is 25.1 Å². The lowest BCUT2D eigenvalue weighted by Gasteiger charge is -2.29. The molecule has 0 saturated carbocycles. The van der Waals surface area contributed by atoms with Gasteiger partial charge in [0.1, 0.15) is 5.82 Å². The fraction of sp³-hybridized carbons (Fsp3) is 0.118. The highest BCUT2D eigenvalue weighted by Gasteiger charge is 2.44. The molecule has 1 aromatic heterocycles. The van der Waals surface area contributed by atoms with Gasteiger partial charge in [-0.2, -0.15) is 8.78 Å². The van der Waals surface area contributed by atoms with E-state index in [2.05, 4.69) is 4.98 Å². The number of rotatable bonds is 0. The fourth-order valence-electron chi connectivity index (χ4n) is 3.12. The van der Waals surface area contributed by atoms with Crippen molar-refractivity contribution in [2.75, 3.05) is 0 Å². The second-order valence-electron chi connectivity index (χ2n) is 5.23. The van der Waals surface area contributed by atoms with E-state index < -0.39 is 11.7 Å². The van der Waals surface area contributed by atoms with E-state index in [-0.39, 0.29) is 16.7 Å². The molecule has 0 unspecified atom stereocenters. The molecule has 3 aromatic rings. The van der Waals surface area contributed by atoms with Gasteiger partial charge in [-0.05, 0) is 36.1 Å². The number of nitrogens with zero attached hydrogens (tertiary/aromatic N) is 1. The first-order valence-electron chi connectivity index (χ1n) is 6.58. The summed E-state index contributed by atoms with van der Waals surface area (Å²) in [4.78, 5) is 4.26.